The summed E-state index contributed by atoms with van der Waals surface area (Å²) in [5.74, 6) is 0.509. The molecule has 5 heteroatoms. The highest BCUT2D eigenvalue weighted by atomic mass is 32.1. The maximum Gasteiger partial charge on any atom is 0.185 e. The predicted molar refractivity (Wildman–Crippen MR) is 85.3 cm³/mol. The van der Waals surface area contributed by atoms with Gasteiger partial charge in [0, 0.05) is 37.3 Å². The second-order valence-electron chi connectivity index (χ2n) is 5.52. The van der Waals surface area contributed by atoms with E-state index in [-0.39, 0.29) is 6.10 Å². The molecule has 20 heavy (non-hydrogen) atoms. The zero-order valence-electron chi connectivity index (χ0n) is 12.6. The van der Waals surface area contributed by atoms with Crippen LogP contribution in [0.4, 0.5) is 5.13 Å². The number of nitrogens with zero attached hydrogens (tertiary/aromatic N) is 2. The highest BCUT2D eigenvalue weighted by Gasteiger charge is 2.22. The second-order valence-corrected chi connectivity index (χ2v) is 6.62. The summed E-state index contributed by atoms with van der Waals surface area (Å²) in [6, 6.07) is 0. The van der Waals surface area contributed by atoms with Gasteiger partial charge in [-0.25, -0.2) is 4.98 Å². The zero-order valence-corrected chi connectivity index (χ0v) is 13.5. The van der Waals surface area contributed by atoms with E-state index in [2.05, 4.69) is 29.0 Å². The summed E-state index contributed by atoms with van der Waals surface area (Å²) in [6.07, 6.45) is 6.71. The van der Waals surface area contributed by atoms with E-state index in [0.29, 0.717) is 12.5 Å². The first-order valence-electron chi connectivity index (χ1n) is 7.83. The monoisotopic (exact) mass is 297 g/mol. The lowest BCUT2D eigenvalue weighted by Gasteiger charge is -2.18. The van der Waals surface area contributed by atoms with Gasteiger partial charge in [0.2, 0.25) is 0 Å². The van der Waals surface area contributed by atoms with Crippen LogP contribution in [0.3, 0.4) is 0 Å². The highest BCUT2D eigenvalue weighted by Crippen LogP contribution is 2.27. The van der Waals surface area contributed by atoms with Crippen molar-refractivity contribution in [3.63, 3.8) is 0 Å². The Labute approximate surface area is 126 Å². The lowest BCUT2D eigenvalue weighted by atomic mass is 10.0. The minimum atomic E-state index is -0.187. The molecular formula is C15H27N3OS. The molecule has 1 aromatic heterocycles. The summed E-state index contributed by atoms with van der Waals surface area (Å²) in [5.41, 5.74) is 0. The van der Waals surface area contributed by atoms with E-state index in [4.69, 9.17) is 0 Å². The second kappa shape index (κ2) is 7.96. The molecule has 1 unspecified atom stereocenters. The fourth-order valence-electron chi connectivity index (χ4n) is 2.87. The zero-order chi connectivity index (χ0) is 14.4. The Bertz CT molecular complexity index is 386. The van der Waals surface area contributed by atoms with Crippen molar-refractivity contribution < 1.29 is 5.11 Å². The molecule has 0 aliphatic heterocycles. The smallest absolute Gasteiger partial charge is 0.185 e. The molecule has 0 spiro atoms. The van der Waals surface area contributed by atoms with Gasteiger partial charge in [0.05, 0.1) is 6.10 Å². The van der Waals surface area contributed by atoms with Crippen LogP contribution in [-0.4, -0.2) is 35.8 Å². The molecule has 0 saturated heterocycles. The first-order chi connectivity index (χ1) is 9.74. The van der Waals surface area contributed by atoms with Crippen molar-refractivity contribution in [2.45, 2.75) is 52.2 Å². The molecule has 1 heterocycles. The van der Waals surface area contributed by atoms with Crippen LogP contribution in [0, 0.1) is 5.92 Å². The van der Waals surface area contributed by atoms with Gasteiger partial charge in [-0.15, -0.1) is 11.3 Å². The third-order valence-corrected chi connectivity index (χ3v) is 5.23. The number of hydrogen-bond acceptors (Lipinski definition) is 5. The van der Waals surface area contributed by atoms with Gasteiger partial charge in [0.15, 0.2) is 5.13 Å². The average Bonchev–Trinajstić information content (AvgIpc) is 3.11. The van der Waals surface area contributed by atoms with E-state index >= 15 is 0 Å². The fraction of sp³-hybridized carbons (Fsp3) is 0.800. The summed E-state index contributed by atoms with van der Waals surface area (Å²) in [5, 5.41) is 14.6. The van der Waals surface area contributed by atoms with Crippen LogP contribution >= 0.6 is 11.3 Å². The lowest BCUT2D eigenvalue weighted by molar-refractivity contribution is 0.109. The number of rotatable bonds is 8. The SMILES string of the molecule is CCN(CC)c1ncc(CNCC(O)C2CCCC2)s1. The van der Waals surface area contributed by atoms with E-state index in [1.54, 1.807) is 11.3 Å². The Balaban J connectivity index is 1.73. The third kappa shape index (κ3) is 4.17. The maximum absolute atomic E-state index is 10.1. The summed E-state index contributed by atoms with van der Waals surface area (Å²) in [7, 11) is 0. The first-order valence-corrected chi connectivity index (χ1v) is 8.64. The topological polar surface area (TPSA) is 48.4 Å². The summed E-state index contributed by atoms with van der Waals surface area (Å²) < 4.78 is 0. The van der Waals surface area contributed by atoms with Crippen LogP contribution in [0.2, 0.25) is 0 Å². The molecule has 1 aliphatic carbocycles. The highest BCUT2D eigenvalue weighted by molar-refractivity contribution is 7.15. The van der Waals surface area contributed by atoms with Gasteiger partial charge in [-0.05, 0) is 32.6 Å². The Morgan fingerprint density at radius 3 is 2.75 bits per heavy atom. The lowest BCUT2D eigenvalue weighted by Crippen LogP contribution is -2.31. The molecule has 1 saturated carbocycles. The van der Waals surface area contributed by atoms with Crippen LogP contribution in [-0.2, 0) is 6.54 Å². The van der Waals surface area contributed by atoms with E-state index in [9.17, 15) is 5.11 Å². The van der Waals surface area contributed by atoms with Crippen molar-refractivity contribution in [2.24, 2.45) is 5.92 Å². The Hall–Kier alpha value is -0.650. The average molecular weight is 297 g/mol. The molecule has 0 amide bonds. The number of hydrogen-bond donors (Lipinski definition) is 2. The molecule has 1 aliphatic rings. The van der Waals surface area contributed by atoms with Gasteiger partial charge < -0.3 is 15.3 Å². The molecular weight excluding hydrogens is 270 g/mol. The summed E-state index contributed by atoms with van der Waals surface area (Å²) in [6.45, 7) is 7.81. The molecule has 0 radical (unpaired) electrons. The quantitative estimate of drug-likeness (QED) is 0.774. The van der Waals surface area contributed by atoms with E-state index in [0.717, 1.165) is 24.8 Å². The predicted octanol–water partition coefficient (Wildman–Crippen LogP) is 2.63. The van der Waals surface area contributed by atoms with Crippen molar-refractivity contribution >= 4 is 16.5 Å². The van der Waals surface area contributed by atoms with Crippen molar-refractivity contribution in [3.05, 3.63) is 11.1 Å². The number of nitrogens with one attached hydrogen (secondary N) is 1. The van der Waals surface area contributed by atoms with E-state index in [1.165, 1.54) is 30.6 Å². The summed E-state index contributed by atoms with van der Waals surface area (Å²) in [4.78, 5) is 7.98. The third-order valence-electron chi connectivity index (χ3n) is 4.17. The number of anilines is 1. The number of aromatic nitrogens is 1. The molecule has 1 aromatic rings. The van der Waals surface area contributed by atoms with Gasteiger partial charge in [-0.2, -0.15) is 0 Å². The molecule has 1 fully saturated rings. The van der Waals surface area contributed by atoms with Crippen LogP contribution in [0.1, 0.15) is 44.4 Å². The van der Waals surface area contributed by atoms with Crippen LogP contribution in [0.15, 0.2) is 6.20 Å². The van der Waals surface area contributed by atoms with Crippen LogP contribution < -0.4 is 10.2 Å². The molecule has 0 aromatic carbocycles. The van der Waals surface area contributed by atoms with Crippen LogP contribution in [0.25, 0.3) is 0 Å². The minimum absolute atomic E-state index is 0.187. The number of aliphatic hydroxyl groups is 1. The summed E-state index contributed by atoms with van der Waals surface area (Å²) >= 11 is 1.74. The van der Waals surface area contributed by atoms with Crippen molar-refractivity contribution in [1.29, 1.82) is 0 Å². The van der Waals surface area contributed by atoms with Gasteiger partial charge in [0.25, 0.3) is 0 Å². The van der Waals surface area contributed by atoms with Crippen LogP contribution in [0.5, 0.6) is 0 Å². The van der Waals surface area contributed by atoms with Gasteiger partial charge in [-0.1, -0.05) is 12.8 Å². The largest absolute Gasteiger partial charge is 0.392 e. The molecule has 114 valence electrons. The van der Waals surface area contributed by atoms with E-state index in [1.807, 2.05) is 6.20 Å². The van der Waals surface area contributed by atoms with Gasteiger partial charge in [0.1, 0.15) is 0 Å². The molecule has 2 N–H and O–H groups in total. The Morgan fingerprint density at radius 2 is 2.10 bits per heavy atom. The standard InChI is InChI=1S/C15H27N3OS/c1-3-18(4-2)15-17-10-13(20-15)9-16-11-14(19)12-7-5-6-8-12/h10,12,14,16,19H,3-9,11H2,1-2H3. The first kappa shape index (κ1) is 15.7. The normalized spacial score (nSPS) is 17.6. The van der Waals surface area contributed by atoms with Crippen molar-refractivity contribution in [3.8, 4) is 0 Å². The van der Waals surface area contributed by atoms with Crippen molar-refractivity contribution in [1.82, 2.24) is 10.3 Å². The minimum Gasteiger partial charge on any atom is -0.392 e. The fourth-order valence-corrected chi connectivity index (χ4v) is 3.88. The molecule has 1 atom stereocenters. The van der Waals surface area contributed by atoms with Gasteiger partial charge >= 0.3 is 0 Å². The molecule has 0 bridgehead atoms. The van der Waals surface area contributed by atoms with E-state index < -0.39 is 0 Å². The van der Waals surface area contributed by atoms with Gasteiger partial charge in [-0.3, -0.25) is 0 Å². The number of aliphatic hydroxyl groups excluding tert-OH is 1. The maximum atomic E-state index is 10.1. The Morgan fingerprint density at radius 1 is 1.40 bits per heavy atom. The molecule has 2 rings (SSSR count). The molecule has 4 nitrogen and oxygen atoms in total. The van der Waals surface area contributed by atoms with Crippen molar-refractivity contribution in [2.75, 3.05) is 24.5 Å². The Kier molecular flexibility index (Phi) is 6.26. The number of thiazole rings is 1.